The molecule has 0 radical (unpaired) electrons. The summed E-state index contributed by atoms with van der Waals surface area (Å²) >= 11 is 6.23. The molecule has 2 aromatic carbocycles. The SMILES string of the molecule is COCc1c(OC(=O)OC(C)C)ncc2[nH]c3ccc(OCc4ccccc4Cl)cc3c12. The van der Waals surface area contributed by atoms with Gasteiger partial charge in [0.1, 0.15) is 12.4 Å². The molecule has 1 N–H and O–H groups in total. The van der Waals surface area contributed by atoms with Gasteiger partial charge >= 0.3 is 6.16 Å². The molecule has 4 rings (SSSR count). The van der Waals surface area contributed by atoms with Gasteiger partial charge in [-0.25, -0.2) is 9.78 Å². The monoisotopic (exact) mass is 454 g/mol. The summed E-state index contributed by atoms with van der Waals surface area (Å²) in [5.41, 5.74) is 3.23. The van der Waals surface area contributed by atoms with Crippen molar-refractivity contribution >= 4 is 39.6 Å². The predicted octanol–water partition coefficient (Wildman–Crippen LogP) is 6.02. The lowest BCUT2D eigenvalue weighted by molar-refractivity contribution is 0.0705. The van der Waals surface area contributed by atoms with Crippen molar-refractivity contribution in [2.45, 2.75) is 33.2 Å². The van der Waals surface area contributed by atoms with E-state index in [1.807, 2.05) is 42.5 Å². The molecule has 166 valence electrons. The van der Waals surface area contributed by atoms with E-state index in [2.05, 4.69) is 9.97 Å². The zero-order chi connectivity index (χ0) is 22.7. The van der Waals surface area contributed by atoms with Gasteiger partial charge in [0, 0.05) is 34.0 Å². The van der Waals surface area contributed by atoms with Crippen LogP contribution in [0.25, 0.3) is 21.8 Å². The van der Waals surface area contributed by atoms with Crippen LogP contribution < -0.4 is 9.47 Å². The molecule has 0 aliphatic rings. The van der Waals surface area contributed by atoms with Gasteiger partial charge in [-0.3, -0.25) is 0 Å². The van der Waals surface area contributed by atoms with Gasteiger partial charge in [0.15, 0.2) is 0 Å². The van der Waals surface area contributed by atoms with E-state index in [4.69, 9.17) is 30.5 Å². The average molecular weight is 455 g/mol. The second-order valence-corrected chi connectivity index (χ2v) is 7.90. The van der Waals surface area contributed by atoms with Crippen molar-refractivity contribution in [1.29, 1.82) is 0 Å². The second kappa shape index (κ2) is 9.46. The normalized spacial score (nSPS) is 11.3. The Balaban J connectivity index is 1.72. The van der Waals surface area contributed by atoms with Gasteiger partial charge in [-0.05, 0) is 38.1 Å². The summed E-state index contributed by atoms with van der Waals surface area (Å²) in [6.45, 7) is 4.04. The fourth-order valence-electron chi connectivity index (χ4n) is 3.45. The number of aromatic amines is 1. The molecule has 0 aliphatic heterocycles. The Morgan fingerprint density at radius 2 is 1.94 bits per heavy atom. The minimum Gasteiger partial charge on any atom is -0.489 e. The average Bonchev–Trinajstić information content (AvgIpc) is 3.12. The first-order valence-corrected chi connectivity index (χ1v) is 10.5. The number of carbonyl (C=O) groups excluding carboxylic acids is 1. The molecule has 0 aliphatic carbocycles. The fraction of sp³-hybridized carbons (Fsp3) is 0.250. The van der Waals surface area contributed by atoms with E-state index < -0.39 is 6.16 Å². The number of methoxy groups -OCH3 is 1. The number of H-pyrrole nitrogens is 1. The number of nitrogens with one attached hydrogen (secondary N) is 1. The number of benzene rings is 2. The number of halogens is 1. The molecule has 2 heterocycles. The van der Waals surface area contributed by atoms with Crippen molar-refractivity contribution in [1.82, 2.24) is 9.97 Å². The molecular formula is C24H23ClN2O5. The molecule has 4 aromatic rings. The largest absolute Gasteiger partial charge is 0.515 e. The van der Waals surface area contributed by atoms with Crippen LogP contribution in [0, 0.1) is 0 Å². The van der Waals surface area contributed by atoms with Gasteiger partial charge in [-0.2, -0.15) is 0 Å². The van der Waals surface area contributed by atoms with E-state index in [0.717, 1.165) is 27.4 Å². The van der Waals surface area contributed by atoms with Crippen LogP contribution in [0.15, 0.2) is 48.7 Å². The third-order valence-corrected chi connectivity index (χ3v) is 5.19. The number of aromatic nitrogens is 2. The smallest absolute Gasteiger partial charge is 0.489 e. The van der Waals surface area contributed by atoms with Crippen molar-refractivity contribution in [2.24, 2.45) is 0 Å². The summed E-state index contributed by atoms with van der Waals surface area (Å²) in [6, 6.07) is 13.3. The number of carbonyl (C=O) groups is 1. The molecule has 0 spiro atoms. The predicted molar refractivity (Wildman–Crippen MR) is 122 cm³/mol. The second-order valence-electron chi connectivity index (χ2n) is 7.49. The minimum absolute atomic E-state index is 0.147. The summed E-state index contributed by atoms with van der Waals surface area (Å²) in [4.78, 5) is 19.7. The van der Waals surface area contributed by atoms with Gasteiger partial charge in [0.25, 0.3) is 0 Å². The highest BCUT2D eigenvalue weighted by Gasteiger charge is 2.19. The van der Waals surface area contributed by atoms with Gasteiger partial charge in [0.2, 0.25) is 5.88 Å². The van der Waals surface area contributed by atoms with Crippen molar-refractivity contribution in [2.75, 3.05) is 7.11 Å². The van der Waals surface area contributed by atoms with Crippen LogP contribution >= 0.6 is 11.6 Å². The van der Waals surface area contributed by atoms with Crippen molar-refractivity contribution in [3.8, 4) is 11.6 Å². The van der Waals surface area contributed by atoms with Crippen LogP contribution in [-0.4, -0.2) is 29.3 Å². The molecule has 0 unspecified atom stereocenters. The highest BCUT2D eigenvalue weighted by molar-refractivity contribution is 6.31. The van der Waals surface area contributed by atoms with Gasteiger partial charge in [-0.15, -0.1) is 0 Å². The van der Waals surface area contributed by atoms with Gasteiger partial charge in [-0.1, -0.05) is 29.8 Å². The van der Waals surface area contributed by atoms with Crippen molar-refractivity contribution in [3.63, 3.8) is 0 Å². The molecule has 0 saturated heterocycles. The quantitative estimate of drug-likeness (QED) is 0.344. The summed E-state index contributed by atoms with van der Waals surface area (Å²) < 4.78 is 21.8. The number of rotatable bonds is 7. The lowest BCUT2D eigenvalue weighted by Crippen LogP contribution is -2.17. The maximum absolute atomic E-state index is 12.1. The zero-order valence-electron chi connectivity index (χ0n) is 18.0. The standard InChI is InChI=1S/C24H23ClN2O5/c1-14(2)31-24(28)32-23-18(13-29-3)22-17-10-16(8-9-20(17)27-21(22)11-26-23)30-12-15-6-4-5-7-19(15)25/h4-11,14,27H,12-13H2,1-3H3. The maximum atomic E-state index is 12.1. The molecule has 8 heteroatoms. The number of fused-ring (bicyclic) bond motifs is 3. The first-order valence-electron chi connectivity index (χ1n) is 10.1. The first-order chi connectivity index (χ1) is 15.5. The lowest BCUT2D eigenvalue weighted by atomic mass is 10.1. The molecule has 0 atom stereocenters. The van der Waals surface area contributed by atoms with Crippen LogP contribution in [0.4, 0.5) is 4.79 Å². The van der Waals surface area contributed by atoms with Crippen LogP contribution in [-0.2, 0) is 22.7 Å². The third kappa shape index (κ3) is 4.64. The molecule has 0 bridgehead atoms. The van der Waals surface area contributed by atoms with E-state index >= 15 is 0 Å². The Hall–Kier alpha value is -3.29. The third-order valence-electron chi connectivity index (χ3n) is 4.82. The number of pyridine rings is 1. The highest BCUT2D eigenvalue weighted by Crippen LogP contribution is 2.35. The Kier molecular flexibility index (Phi) is 6.48. The highest BCUT2D eigenvalue weighted by atomic mass is 35.5. The molecule has 32 heavy (non-hydrogen) atoms. The lowest BCUT2D eigenvalue weighted by Gasteiger charge is -2.12. The van der Waals surface area contributed by atoms with Crippen molar-refractivity contribution in [3.05, 3.63) is 64.8 Å². The van der Waals surface area contributed by atoms with Crippen molar-refractivity contribution < 1.29 is 23.7 Å². The van der Waals surface area contributed by atoms with E-state index in [1.54, 1.807) is 27.2 Å². The Morgan fingerprint density at radius 3 is 2.69 bits per heavy atom. The van der Waals surface area contributed by atoms with Crippen LogP contribution in [0.1, 0.15) is 25.0 Å². The minimum atomic E-state index is -0.812. The van der Waals surface area contributed by atoms with Gasteiger partial charge < -0.3 is 23.9 Å². The van der Waals surface area contributed by atoms with Crippen LogP contribution in [0.3, 0.4) is 0 Å². The zero-order valence-corrected chi connectivity index (χ0v) is 18.7. The van der Waals surface area contributed by atoms with E-state index in [9.17, 15) is 4.79 Å². The molecule has 0 saturated carbocycles. The summed E-state index contributed by atoms with van der Waals surface area (Å²) in [5.74, 6) is 0.827. The topological polar surface area (TPSA) is 82.7 Å². The van der Waals surface area contributed by atoms with Crippen LogP contribution in [0.2, 0.25) is 5.02 Å². The Morgan fingerprint density at radius 1 is 1.12 bits per heavy atom. The molecule has 0 fully saturated rings. The number of ether oxygens (including phenoxy) is 4. The summed E-state index contributed by atoms with van der Waals surface area (Å²) in [6.07, 6.45) is 0.507. The first kappa shape index (κ1) is 21.9. The van der Waals surface area contributed by atoms with Gasteiger partial charge in [0.05, 0.1) is 30.0 Å². The number of hydrogen-bond donors (Lipinski definition) is 1. The van der Waals surface area contributed by atoms with Crippen LogP contribution in [0.5, 0.6) is 11.6 Å². The Labute approximate surface area is 190 Å². The van der Waals surface area contributed by atoms with E-state index in [-0.39, 0.29) is 18.6 Å². The molecule has 2 aromatic heterocycles. The van der Waals surface area contributed by atoms with E-state index in [1.165, 1.54) is 0 Å². The molecule has 0 amide bonds. The fourth-order valence-corrected chi connectivity index (χ4v) is 3.64. The number of hydrogen-bond acceptors (Lipinski definition) is 6. The molecular weight excluding hydrogens is 432 g/mol. The summed E-state index contributed by atoms with van der Waals surface area (Å²) in [5, 5.41) is 2.39. The number of nitrogens with zero attached hydrogens (tertiary/aromatic N) is 1. The van der Waals surface area contributed by atoms with E-state index in [0.29, 0.717) is 22.9 Å². The maximum Gasteiger partial charge on any atom is 0.515 e. The summed E-state index contributed by atoms with van der Waals surface area (Å²) in [7, 11) is 1.57. The Bertz CT molecular complexity index is 1270. The molecule has 7 nitrogen and oxygen atoms in total.